The minimum Gasteiger partial charge on any atom is -0.351 e. The molecule has 1 N–H and O–H groups in total. The molecule has 1 aromatic heterocycles. The molecule has 0 spiro atoms. The van der Waals surface area contributed by atoms with Crippen LogP contribution >= 0.6 is 0 Å². The second-order valence-electron chi connectivity index (χ2n) is 5.00. The van der Waals surface area contributed by atoms with E-state index in [1.807, 2.05) is 6.92 Å². The normalized spacial score (nSPS) is 11.3. The van der Waals surface area contributed by atoms with Gasteiger partial charge >= 0.3 is 0 Å². The Morgan fingerprint density at radius 3 is 2.28 bits per heavy atom. The van der Waals surface area contributed by atoms with Crippen LogP contribution in [0.1, 0.15) is 29.4 Å². The number of aromatic nitrogens is 2. The predicted octanol–water partition coefficient (Wildman–Crippen LogP) is 3.01. The molecule has 0 aliphatic heterocycles. The Bertz CT molecular complexity index is 818. The van der Waals surface area contributed by atoms with Gasteiger partial charge in [-0.1, -0.05) is 6.92 Å². The zero-order chi connectivity index (χ0) is 18.7. The second kappa shape index (κ2) is 7.41. The summed E-state index contributed by atoms with van der Waals surface area (Å²) < 4.78 is 67.8. The number of hydrogen-bond acceptors (Lipinski definition) is 3. The lowest BCUT2D eigenvalue weighted by molar-refractivity contribution is 0.0945. The van der Waals surface area contributed by atoms with Crippen molar-refractivity contribution in [2.75, 3.05) is 6.54 Å². The summed E-state index contributed by atoms with van der Waals surface area (Å²) in [5, 5.41) is 6.37. The summed E-state index contributed by atoms with van der Waals surface area (Å²) in [7, 11) is 1.44. The predicted molar refractivity (Wildman–Crippen MR) is 79.3 cm³/mol. The summed E-state index contributed by atoms with van der Waals surface area (Å²) in [5.74, 6) is -11.0. The molecule has 1 aromatic carbocycles. The molecule has 2 aromatic rings. The van der Waals surface area contributed by atoms with Crippen LogP contribution in [0, 0.1) is 29.1 Å². The summed E-state index contributed by atoms with van der Waals surface area (Å²) in [4.78, 5) is 15.7. The highest BCUT2D eigenvalue weighted by atomic mass is 19.2. The third-order valence-corrected chi connectivity index (χ3v) is 3.25. The van der Waals surface area contributed by atoms with Gasteiger partial charge in [0.2, 0.25) is 5.82 Å². The van der Waals surface area contributed by atoms with E-state index >= 15 is 0 Å². The van der Waals surface area contributed by atoms with Gasteiger partial charge in [0.1, 0.15) is 5.69 Å². The molecule has 0 atom stereocenters. The highest BCUT2D eigenvalue weighted by Gasteiger charge is 2.25. The van der Waals surface area contributed by atoms with E-state index in [1.165, 1.54) is 11.7 Å². The van der Waals surface area contributed by atoms with Crippen molar-refractivity contribution in [1.82, 2.24) is 15.1 Å². The number of rotatable bonds is 5. The summed E-state index contributed by atoms with van der Waals surface area (Å²) in [6.07, 6.45) is 2.26. The Balaban J connectivity index is 2.44. The number of carbonyl (C=O) groups is 1. The zero-order valence-electron chi connectivity index (χ0n) is 13.2. The third-order valence-electron chi connectivity index (χ3n) is 3.25. The van der Waals surface area contributed by atoms with Crippen LogP contribution in [0.4, 0.5) is 27.6 Å². The monoisotopic (exact) mass is 360 g/mol. The van der Waals surface area contributed by atoms with Crippen molar-refractivity contribution in [2.24, 2.45) is 12.0 Å². The molecule has 25 heavy (non-hydrogen) atoms. The highest BCUT2D eigenvalue weighted by molar-refractivity contribution is 5.98. The largest absolute Gasteiger partial charge is 0.351 e. The van der Waals surface area contributed by atoms with Gasteiger partial charge < -0.3 is 5.32 Å². The smallest absolute Gasteiger partial charge is 0.271 e. The first-order valence-electron chi connectivity index (χ1n) is 7.15. The number of halogens is 5. The minimum atomic E-state index is -2.26. The summed E-state index contributed by atoms with van der Waals surface area (Å²) in [6, 6.07) is 0. The van der Waals surface area contributed by atoms with Gasteiger partial charge in [0.25, 0.3) is 5.91 Å². The van der Waals surface area contributed by atoms with E-state index in [4.69, 9.17) is 0 Å². The molecule has 5 nitrogen and oxygen atoms in total. The van der Waals surface area contributed by atoms with Gasteiger partial charge in [-0.2, -0.15) is 5.10 Å². The zero-order valence-corrected chi connectivity index (χ0v) is 13.2. The van der Waals surface area contributed by atoms with Crippen molar-refractivity contribution in [2.45, 2.75) is 13.3 Å². The Morgan fingerprint density at radius 2 is 1.72 bits per heavy atom. The first-order valence-corrected chi connectivity index (χ1v) is 7.15. The van der Waals surface area contributed by atoms with Crippen LogP contribution in [0.2, 0.25) is 0 Å². The molecular formula is C15H13F5N4O. The van der Waals surface area contributed by atoms with Gasteiger partial charge in [-0.3, -0.25) is 14.5 Å². The molecular weight excluding hydrogens is 347 g/mol. The van der Waals surface area contributed by atoms with Crippen molar-refractivity contribution in [1.29, 1.82) is 0 Å². The van der Waals surface area contributed by atoms with Gasteiger partial charge in [0.05, 0.1) is 11.8 Å². The lowest BCUT2D eigenvalue weighted by Gasteiger charge is -2.05. The molecule has 0 saturated heterocycles. The first kappa shape index (κ1) is 18.6. The van der Waals surface area contributed by atoms with E-state index in [2.05, 4.69) is 15.4 Å². The van der Waals surface area contributed by atoms with Crippen LogP contribution in [0.15, 0.2) is 11.2 Å². The van der Waals surface area contributed by atoms with Crippen molar-refractivity contribution in [3.63, 3.8) is 0 Å². The quantitative estimate of drug-likeness (QED) is 0.386. The highest BCUT2D eigenvalue weighted by Crippen LogP contribution is 2.23. The Morgan fingerprint density at radius 1 is 1.16 bits per heavy atom. The number of nitrogens with zero attached hydrogens (tertiary/aromatic N) is 3. The number of amides is 1. The average molecular weight is 360 g/mol. The van der Waals surface area contributed by atoms with Crippen molar-refractivity contribution in [3.05, 3.63) is 46.5 Å². The number of nitrogens with one attached hydrogen (secondary N) is 1. The number of aliphatic imine (C=N–C) groups is 1. The maximum absolute atomic E-state index is 13.6. The number of hydrogen-bond donors (Lipinski definition) is 1. The fraction of sp³-hybridized carbons (Fsp3) is 0.267. The Labute approximate surface area is 139 Å². The van der Waals surface area contributed by atoms with Gasteiger partial charge in [-0.05, 0) is 6.42 Å². The molecule has 2 rings (SSSR count). The van der Waals surface area contributed by atoms with Gasteiger partial charge in [0.15, 0.2) is 29.0 Å². The third kappa shape index (κ3) is 3.52. The molecule has 0 aliphatic carbocycles. The average Bonchev–Trinajstić information content (AvgIpc) is 2.96. The Kier molecular flexibility index (Phi) is 5.50. The van der Waals surface area contributed by atoms with Crippen LogP contribution < -0.4 is 5.32 Å². The fourth-order valence-corrected chi connectivity index (χ4v) is 1.98. The van der Waals surface area contributed by atoms with Crippen LogP contribution in [0.3, 0.4) is 0 Å². The molecule has 0 aliphatic rings. The second-order valence-corrected chi connectivity index (χ2v) is 5.00. The topological polar surface area (TPSA) is 59.3 Å². The van der Waals surface area contributed by atoms with Crippen molar-refractivity contribution >= 4 is 17.8 Å². The maximum atomic E-state index is 13.6. The van der Waals surface area contributed by atoms with Crippen LogP contribution in [0.25, 0.3) is 0 Å². The molecule has 1 heterocycles. The Hall–Kier alpha value is -2.78. The molecule has 0 unspecified atom stereocenters. The molecule has 1 amide bonds. The summed E-state index contributed by atoms with van der Waals surface area (Å²) in [6.45, 7) is 2.22. The number of aryl methyl sites for hydroxylation is 1. The molecule has 0 radical (unpaired) electrons. The fourth-order valence-electron chi connectivity index (χ4n) is 1.98. The van der Waals surface area contributed by atoms with Gasteiger partial charge in [-0.25, -0.2) is 22.0 Å². The van der Waals surface area contributed by atoms with E-state index in [1.54, 1.807) is 0 Å². The molecule has 0 saturated carbocycles. The summed E-state index contributed by atoms with van der Waals surface area (Å²) >= 11 is 0. The van der Waals surface area contributed by atoms with E-state index < -0.39 is 40.6 Å². The van der Waals surface area contributed by atoms with Crippen LogP contribution in [-0.4, -0.2) is 28.4 Å². The standard InChI is InChI=1S/C15H13F5N4O/c1-3-4-21-15(25)14-8(6-23-24(14)2)22-5-7-9(16)11(18)13(20)12(19)10(7)17/h5-6H,3-4H2,1-2H3,(H,21,25). The molecule has 10 heteroatoms. The van der Waals surface area contributed by atoms with E-state index in [-0.39, 0.29) is 11.4 Å². The van der Waals surface area contributed by atoms with Crippen molar-refractivity contribution < 1.29 is 26.7 Å². The summed E-state index contributed by atoms with van der Waals surface area (Å²) in [5.41, 5.74) is -1.31. The van der Waals surface area contributed by atoms with Crippen molar-refractivity contribution in [3.8, 4) is 0 Å². The SMILES string of the molecule is CCCNC(=O)c1c(N=Cc2c(F)c(F)c(F)c(F)c2F)cnn1C. The van der Waals surface area contributed by atoms with Gasteiger partial charge in [0, 0.05) is 19.8 Å². The molecule has 134 valence electrons. The van der Waals surface area contributed by atoms with Crippen LogP contribution in [-0.2, 0) is 7.05 Å². The lowest BCUT2D eigenvalue weighted by Crippen LogP contribution is -2.26. The van der Waals surface area contributed by atoms with Crippen LogP contribution in [0.5, 0.6) is 0 Å². The van der Waals surface area contributed by atoms with E-state index in [9.17, 15) is 26.7 Å². The molecule has 0 fully saturated rings. The van der Waals surface area contributed by atoms with Gasteiger partial charge in [-0.15, -0.1) is 0 Å². The maximum Gasteiger partial charge on any atom is 0.271 e. The van der Waals surface area contributed by atoms with E-state index in [0.29, 0.717) is 19.2 Å². The number of carbonyl (C=O) groups excluding carboxylic acids is 1. The first-order chi connectivity index (χ1) is 11.8. The number of benzene rings is 1. The minimum absolute atomic E-state index is 0.0198. The van der Waals surface area contributed by atoms with E-state index in [0.717, 1.165) is 6.20 Å². The lowest BCUT2D eigenvalue weighted by atomic mass is 10.2. The molecule has 0 bridgehead atoms.